The zero-order valence-corrected chi connectivity index (χ0v) is 18.4. The molecule has 31 heavy (non-hydrogen) atoms. The molecule has 7 heteroatoms. The van der Waals surface area contributed by atoms with E-state index in [-0.39, 0.29) is 18.1 Å². The van der Waals surface area contributed by atoms with E-state index >= 15 is 0 Å². The van der Waals surface area contributed by atoms with E-state index in [9.17, 15) is 4.79 Å². The Balaban J connectivity index is 1.43. The minimum Gasteiger partial charge on any atom is -0.497 e. The maximum Gasteiger partial charge on any atom is 0.289 e. The minimum atomic E-state index is -0.0329. The van der Waals surface area contributed by atoms with Crippen LogP contribution in [0.1, 0.15) is 41.8 Å². The third-order valence-electron chi connectivity index (χ3n) is 6.27. The van der Waals surface area contributed by atoms with Crippen molar-refractivity contribution < 1.29 is 23.4 Å². The number of methoxy groups -OCH3 is 2. The fourth-order valence-electron chi connectivity index (χ4n) is 4.63. The van der Waals surface area contributed by atoms with Gasteiger partial charge < -0.3 is 23.5 Å². The number of carbonyl (C=O) groups is 1. The summed E-state index contributed by atoms with van der Waals surface area (Å²) in [4.78, 5) is 17.5. The summed E-state index contributed by atoms with van der Waals surface area (Å²) in [6.45, 7) is 3.62. The smallest absolute Gasteiger partial charge is 0.289 e. The molecule has 1 aromatic carbocycles. The largest absolute Gasteiger partial charge is 0.497 e. The van der Waals surface area contributed by atoms with Crippen LogP contribution >= 0.6 is 0 Å². The second-order valence-electron chi connectivity index (χ2n) is 8.28. The number of morpholine rings is 1. The van der Waals surface area contributed by atoms with Crippen LogP contribution in [-0.4, -0.2) is 68.3 Å². The molecule has 0 N–H and O–H groups in total. The highest BCUT2D eigenvalue weighted by Crippen LogP contribution is 2.28. The number of furan rings is 1. The van der Waals surface area contributed by atoms with Gasteiger partial charge in [0.2, 0.25) is 0 Å². The van der Waals surface area contributed by atoms with E-state index in [1.54, 1.807) is 32.6 Å². The Kier molecular flexibility index (Phi) is 7.14. The lowest BCUT2D eigenvalue weighted by Crippen LogP contribution is -2.50. The molecule has 1 saturated carbocycles. The molecule has 1 amide bonds. The molecule has 1 aliphatic carbocycles. The molecule has 2 heterocycles. The summed E-state index contributed by atoms with van der Waals surface area (Å²) in [6.07, 6.45) is 5.96. The molecule has 0 radical (unpaired) electrons. The van der Waals surface area contributed by atoms with Gasteiger partial charge in [-0.15, -0.1) is 0 Å². The van der Waals surface area contributed by atoms with Crippen LogP contribution in [-0.2, 0) is 11.3 Å². The van der Waals surface area contributed by atoms with Crippen molar-refractivity contribution in [3.05, 3.63) is 47.9 Å². The fraction of sp³-hybridized carbons (Fsp3) is 0.542. The number of hydrogen-bond donors (Lipinski definition) is 0. The Morgan fingerprint density at radius 2 is 2.03 bits per heavy atom. The average Bonchev–Trinajstić information content (AvgIpc) is 3.52. The number of hydrogen-bond acceptors (Lipinski definition) is 6. The molecular weight excluding hydrogens is 396 g/mol. The van der Waals surface area contributed by atoms with Gasteiger partial charge in [-0.2, -0.15) is 0 Å². The topological polar surface area (TPSA) is 64.4 Å². The third kappa shape index (κ3) is 5.22. The van der Waals surface area contributed by atoms with Crippen LogP contribution in [0.4, 0.5) is 0 Å². The van der Waals surface area contributed by atoms with Crippen molar-refractivity contribution in [3.8, 4) is 11.5 Å². The SMILES string of the molecule is COc1ccc(CN2CCOC(CN(C(=O)c3ccco3)C3CCCC3)C2)c(OC)c1. The molecule has 168 valence electrons. The van der Waals surface area contributed by atoms with Crippen LogP contribution in [0.25, 0.3) is 0 Å². The van der Waals surface area contributed by atoms with E-state index < -0.39 is 0 Å². The first kappa shape index (κ1) is 21.7. The Hall–Kier alpha value is -2.51. The van der Waals surface area contributed by atoms with Crippen molar-refractivity contribution in [3.63, 3.8) is 0 Å². The zero-order valence-electron chi connectivity index (χ0n) is 18.4. The van der Waals surface area contributed by atoms with Gasteiger partial charge in [-0.1, -0.05) is 18.9 Å². The summed E-state index contributed by atoms with van der Waals surface area (Å²) >= 11 is 0. The summed E-state index contributed by atoms with van der Waals surface area (Å²) in [7, 11) is 3.33. The van der Waals surface area contributed by atoms with Crippen LogP contribution in [0, 0.1) is 0 Å². The molecule has 1 atom stereocenters. The number of benzene rings is 1. The quantitative estimate of drug-likeness (QED) is 0.640. The highest BCUT2D eigenvalue weighted by molar-refractivity contribution is 5.91. The monoisotopic (exact) mass is 428 g/mol. The van der Waals surface area contributed by atoms with Gasteiger partial charge in [-0.05, 0) is 31.0 Å². The first-order chi connectivity index (χ1) is 15.2. The van der Waals surface area contributed by atoms with Gasteiger partial charge in [-0.3, -0.25) is 9.69 Å². The van der Waals surface area contributed by atoms with Crippen molar-refractivity contribution in [2.75, 3.05) is 40.5 Å². The molecule has 1 aliphatic heterocycles. The van der Waals surface area contributed by atoms with Crippen LogP contribution < -0.4 is 9.47 Å². The van der Waals surface area contributed by atoms with Gasteiger partial charge in [-0.25, -0.2) is 0 Å². The summed E-state index contributed by atoms with van der Waals surface area (Å²) in [5.41, 5.74) is 1.11. The summed E-state index contributed by atoms with van der Waals surface area (Å²) in [5, 5.41) is 0. The predicted molar refractivity (Wildman–Crippen MR) is 117 cm³/mol. The molecule has 2 aliphatic rings. The van der Waals surface area contributed by atoms with Gasteiger partial charge in [0.15, 0.2) is 5.76 Å². The lowest BCUT2D eigenvalue weighted by molar-refractivity contribution is -0.0473. The molecule has 1 aromatic heterocycles. The Morgan fingerprint density at radius 3 is 2.74 bits per heavy atom. The summed E-state index contributed by atoms with van der Waals surface area (Å²) in [5.74, 6) is 1.98. The van der Waals surface area contributed by atoms with E-state index in [0.29, 0.717) is 18.9 Å². The normalized spacial score (nSPS) is 20.0. The molecule has 2 fully saturated rings. The highest BCUT2D eigenvalue weighted by Gasteiger charge is 2.32. The standard InChI is InChI=1S/C24H32N2O5/c1-28-20-10-9-18(23(14-20)29-2)15-25-11-13-30-21(16-25)17-26(19-6-3-4-7-19)24(27)22-8-5-12-31-22/h5,8-10,12,14,19,21H,3-4,6-7,11,13,15-17H2,1-2H3. The van der Waals surface area contributed by atoms with Crippen molar-refractivity contribution in [2.24, 2.45) is 0 Å². The summed E-state index contributed by atoms with van der Waals surface area (Å²) in [6, 6.07) is 9.69. The number of rotatable bonds is 8. The predicted octanol–water partition coefficient (Wildman–Crippen LogP) is 3.58. The maximum absolute atomic E-state index is 13.1. The maximum atomic E-state index is 13.1. The van der Waals surface area contributed by atoms with Crippen molar-refractivity contribution in [1.29, 1.82) is 0 Å². The van der Waals surface area contributed by atoms with Crippen LogP contribution in [0.5, 0.6) is 11.5 Å². The number of nitrogens with zero attached hydrogens (tertiary/aromatic N) is 2. The molecule has 7 nitrogen and oxygen atoms in total. The van der Waals surface area contributed by atoms with Crippen molar-refractivity contribution >= 4 is 5.91 Å². The van der Waals surface area contributed by atoms with Crippen molar-refractivity contribution in [1.82, 2.24) is 9.80 Å². The lowest BCUT2D eigenvalue weighted by atomic mass is 10.1. The second kappa shape index (κ2) is 10.2. The van der Waals surface area contributed by atoms with Gasteiger partial charge in [0.05, 0.1) is 33.2 Å². The Labute approximate surface area is 183 Å². The number of carbonyl (C=O) groups excluding carboxylic acids is 1. The van der Waals surface area contributed by atoms with Gasteiger partial charge in [0, 0.05) is 43.9 Å². The van der Waals surface area contributed by atoms with Gasteiger partial charge in [0.25, 0.3) is 5.91 Å². The van der Waals surface area contributed by atoms with Gasteiger partial charge in [0.1, 0.15) is 11.5 Å². The molecular formula is C24H32N2O5. The van der Waals surface area contributed by atoms with Crippen LogP contribution in [0.15, 0.2) is 41.0 Å². The number of ether oxygens (including phenoxy) is 3. The molecule has 0 spiro atoms. The van der Waals surface area contributed by atoms with E-state index in [1.807, 2.05) is 23.1 Å². The Bertz CT molecular complexity index is 848. The van der Waals surface area contributed by atoms with Crippen molar-refractivity contribution in [2.45, 2.75) is 44.4 Å². The first-order valence-corrected chi connectivity index (χ1v) is 11.1. The molecule has 2 aromatic rings. The summed E-state index contributed by atoms with van der Waals surface area (Å²) < 4.78 is 22.3. The van der Waals surface area contributed by atoms with E-state index in [2.05, 4.69) is 4.90 Å². The molecule has 4 rings (SSSR count). The van der Waals surface area contributed by atoms with E-state index in [4.69, 9.17) is 18.6 Å². The molecule has 1 saturated heterocycles. The van der Waals surface area contributed by atoms with E-state index in [0.717, 1.165) is 49.5 Å². The molecule has 0 bridgehead atoms. The van der Waals surface area contributed by atoms with Crippen LogP contribution in [0.3, 0.4) is 0 Å². The van der Waals surface area contributed by atoms with E-state index in [1.165, 1.54) is 12.8 Å². The highest BCUT2D eigenvalue weighted by atomic mass is 16.5. The minimum absolute atomic E-state index is 0.0301. The third-order valence-corrected chi connectivity index (χ3v) is 6.27. The second-order valence-corrected chi connectivity index (χ2v) is 8.28. The first-order valence-electron chi connectivity index (χ1n) is 11.1. The Morgan fingerprint density at radius 1 is 1.19 bits per heavy atom. The number of amides is 1. The van der Waals surface area contributed by atoms with Crippen LogP contribution in [0.2, 0.25) is 0 Å². The average molecular weight is 429 g/mol. The fourth-order valence-corrected chi connectivity index (χ4v) is 4.63. The zero-order chi connectivity index (χ0) is 21.6. The van der Waals surface area contributed by atoms with Gasteiger partial charge >= 0.3 is 0 Å². The molecule has 1 unspecified atom stereocenters. The lowest BCUT2D eigenvalue weighted by Gasteiger charge is -2.37.